The van der Waals surface area contributed by atoms with Crippen molar-refractivity contribution in [2.24, 2.45) is 0 Å². The number of para-hydroxylation sites is 1. The number of benzene rings is 2. The lowest BCUT2D eigenvalue weighted by Gasteiger charge is -2.11. The largest absolute Gasteiger partial charge is 0.497 e. The molecule has 0 aliphatic heterocycles. The zero-order valence-electron chi connectivity index (χ0n) is 12.7. The van der Waals surface area contributed by atoms with E-state index in [0.717, 1.165) is 11.3 Å². The highest BCUT2D eigenvalue weighted by Gasteiger charge is 2.19. The van der Waals surface area contributed by atoms with E-state index in [9.17, 15) is 5.26 Å². The van der Waals surface area contributed by atoms with Crippen LogP contribution in [-0.4, -0.2) is 29.2 Å². The molecule has 0 spiro atoms. The average molecular weight is 306 g/mol. The van der Waals surface area contributed by atoms with Gasteiger partial charge in [0, 0.05) is 11.6 Å². The van der Waals surface area contributed by atoms with E-state index in [4.69, 9.17) is 9.47 Å². The van der Waals surface area contributed by atoms with Crippen LogP contribution in [0.25, 0.3) is 16.9 Å². The van der Waals surface area contributed by atoms with Crippen molar-refractivity contribution in [1.82, 2.24) is 15.0 Å². The van der Waals surface area contributed by atoms with Crippen molar-refractivity contribution in [1.29, 1.82) is 5.26 Å². The summed E-state index contributed by atoms with van der Waals surface area (Å²) in [4.78, 5) is 0. The van der Waals surface area contributed by atoms with Crippen LogP contribution in [0.15, 0.2) is 48.5 Å². The van der Waals surface area contributed by atoms with Crippen molar-refractivity contribution in [3.05, 3.63) is 54.2 Å². The van der Waals surface area contributed by atoms with Gasteiger partial charge in [-0.05, 0) is 24.3 Å². The minimum Gasteiger partial charge on any atom is -0.497 e. The van der Waals surface area contributed by atoms with Crippen LogP contribution in [0.5, 0.6) is 11.5 Å². The number of ether oxygens (including phenoxy) is 2. The number of hydrogen-bond acceptors (Lipinski definition) is 5. The van der Waals surface area contributed by atoms with Crippen LogP contribution in [0.3, 0.4) is 0 Å². The zero-order valence-corrected chi connectivity index (χ0v) is 12.7. The second kappa shape index (κ2) is 6.20. The molecule has 6 nitrogen and oxygen atoms in total. The minimum absolute atomic E-state index is 0.234. The lowest BCUT2D eigenvalue weighted by molar-refractivity contribution is 0.414. The molecule has 0 aliphatic rings. The van der Waals surface area contributed by atoms with Crippen LogP contribution in [0, 0.1) is 11.3 Å². The van der Waals surface area contributed by atoms with Gasteiger partial charge in [-0.2, -0.15) is 5.26 Å². The molecule has 0 saturated heterocycles. The summed E-state index contributed by atoms with van der Waals surface area (Å²) in [6.45, 7) is 0. The molecule has 23 heavy (non-hydrogen) atoms. The first-order chi connectivity index (χ1) is 11.3. The molecule has 0 radical (unpaired) electrons. The number of hydrogen-bond donors (Lipinski definition) is 0. The molecule has 3 aromatic rings. The van der Waals surface area contributed by atoms with Gasteiger partial charge in [-0.3, -0.25) is 0 Å². The number of methoxy groups -OCH3 is 2. The zero-order chi connectivity index (χ0) is 16.2. The molecule has 1 heterocycles. The van der Waals surface area contributed by atoms with E-state index in [2.05, 4.69) is 16.4 Å². The molecule has 0 atom stereocenters. The molecule has 0 N–H and O–H groups in total. The predicted molar refractivity (Wildman–Crippen MR) is 84.6 cm³/mol. The Balaban J connectivity index is 2.24. The second-order valence-electron chi connectivity index (χ2n) is 4.71. The van der Waals surface area contributed by atoms with E-state index in [1.165, 1.54) is 0 Å². The minimum atomic E-state index is 0.234. The van der Waals surface area contributed by atoms with Gasteiger partial charge >= 0.3 is 0 Å². The Morgan fingerprint density at radius 2 is 1.87 bits per heavy atom. The third-order valence-electron chi connectivity index (χ3n) is 3.44. The van der Waals surface area contributed by atoms with Crippen LogP contribution < -0.4 is 9.47 Å². The summed E-state index contributed by atoms with van der Waals surface area (Å²) < 4.78 is 12.3. The Morgan fingerprint density at radius 3 is 2.61 bits per heavy atom. The van der Waals surface area contributed by atoms with Crippen LogP contribution in [-0.2, 0) is 0 Å². The van der Waals surface area contributed by atoms with E-state index < -0.39 is 0 Å². The molecule has 0 saturated carbocycles. The average Bonchev–Trinajstić information content (AvgIpc) is 3.05. The number of nitrogens with zero attached hydrogens (tertiary/aromatic N) is 4. The Hall–Kier alpha value is -3.33. The van der Waals surface area contributed by atoms with Gasteiger partial charge in [0.05, 0.1) is 19.9 Å². The van der Waals surface area contributed by atoms with Gasteiger partial charge in [-0.25, -0.2) is 4.68 Å². The number of rotatable bonds is 4. The molecule has 114 valence electrons. The molecule has 0 amide bonds. The summed E-state index contributed by atoms with van der Waals surface area (Å²) in [6, 6.07) is 16.9. The molecule has 0 aliphatic carbocycles. The van der Waals surface area contributed by atoms with Gasteiger partial charge in [0.15, 0.2) is 5.69 Å². The SMILES string of the molecule is COc1cccc(-n2nnc(C#N)c2-c2ccccc2OC)c1. The smallest absolute Gasteiger partial charge is 0.191 e. The highest BCUT2D eigenvalue weighted by Crippen LogP contribution is 2.33. The van der Waals surface area contributed by atoms with E-state index in [-0.39, 0.29) is 5.69 Å². The maximum atomic E-state index is 9.37. The molecule has 0 fully saturated rings. The Bertz CT molecular complexity index is 880. The van der Waals surface area contributed by atoms with Crippen LogP contribution >= 0.6 is 0 Å². The van der Waals surface area contributed by atoms with Gasteiger partial charge in [0.25, 0.3) is 0 Å². The fourth-order valence-corrected chi connectivity index (χ4v) is 2.36. The van der Waals surface area contributed by atoms with E-state index >= 15 is 0 Å². The van der Waals surface area contributed by atoms with Crippen molar-refractivity contribution >= 4 is 0 Å². The standard InChI is InChI=1S/C17H14N4O2/c1-22-13-7-5-6-12(10-13)21-17(15(11-18)19-20-21)14-8-3-4-9-16(14)23-2/h3-10H,1-2H3. The summed E-state index contributed by atoms with van der Waals surface area (Å²) >= 11 is 0. The first-order valence-electron chi connectivity index (χ1n) is 6.92. The van der Waals surface area contributed by atoms with E-state index in [0.29, 0.717) is 17.2 Å². The van der Waals surface area contributed by atoms with Gasteiger partial charge < -0.3 is 9.47 Å². The summed E-state index contributed by atoms with van der Waals surface area (Å²) in [5, 5.41) is 17.5. The van der Waals surface area contributed by atoms with Gasteiger partial charge in [0.2, 0.25) is 0 Å². The van der Waals surface area contributed by atoms with E-state index in [1.54, 1.807) is 18.9 Å². The third-order valence-corrected chi connectivity index (χ3v) is 3.44. The first kappa shape index (κ1) is 14.6. The molecule has 0 bridgehead atoms. The highest BCUT2D eigenvalue weighted by molar-refractivity contribution is 5.72. The van der Waals surface area contributed by atoms with Crippen LogP contribution in [0.2, 0.25) is 0 Å². The van der Waals surface area contributed by atoms with Crippen LogP contribution in [0.1, 0.15) is 5.69 Å². The summed E-state index contributed by atoms with van der Waals surface area (Å²) in [5.74, 6) is 1.35. The van der Waals surface area contributed by atoms with Crippen molar-refractivity contribution in [3.63, 3.8) is 0 Å². The van der Waals surface area contributed by atoms with Crippen molar-refractivity contribution in [2.75, 3.05) is 14.2 Å². The predicted octanol–water partition coefficient (Wildman–Crippen LogP) is 2.82. The van der Waals surface area contributed by atoms with Gasteiger partial charge in [-0.15, -0.1) is 5.10 Å². The summed E-state index contributed by atoms with van der Waals surface area (Å²) in [7, 11) is 3.19. The topological polar surface area (TPSA) is 73.0 Å². The third kappa shape index (κ3) is 2.60. The van der Waals surface area contributed by atoms with Gasteiger partial charge in [0.1, 0.15) is 23.3 Å². The fraction of sp³-hybridized carbons (Fsp3) is 0.118. The Kier molecular flexibility index (Phi) is 3.93. The lowest BCUT2D eigenvalue weighted by atomic mass is 10.1. The summed E-state index contributed by atoms with van der Waals surface area (Å²) in [6.07, 6.45) is 0. The highest BCUT2D eigenvalue weighted by atomic mass is 16.5. The summed E-state index contributed by atoms with van der Waals surface area (Å²) in [5.41, 5.74) is 2.31. The Labute approximate surface area is 133 Å². The number of nitriles is 1. The van der Waals surface area contributed by atoms with Crippen molar-refractivity contribution in [2.45, 2.75) is 0 Å². The molecule has 6 heteroatoms. The molecule has 3 rings (SSSR count). The molecular formula is C17H14N4O2. The maximum absolute atomic E-state index is 9.37. The molecule has 2 aromatic carbocycles. The maximum Gasteiger partial charge on any atom is 0.191 e. The normalized spacial score (nSPS) is 10.1. The van der Waals surface area contributed by atoms with Crippen molar-refractivity contribution in [3.8, 4) is 34.5 Å². The van der Waals surface area contributed by atoms with E-state index in [1.807, 2.05) is 48.5 Å². The van der Waals surface area contributed by atoms with Crippen molar-refractivity contribution < 1.29 is 9.47 Å². The molecular weight excluding hydrogens is 292 g/mol. The molecule has 1 aromatic heterocycles. The monoisotopic (exact) mass is 306 g/mol. The quantitative estimate of drug-likeness (QED) is 0.741. The van der Waals surface area contributed by atoms with Gasteiger partial charge in [-0.1, -0.05) is 23.4 Å². The fourth-order valence-electron chi connectivity index (χ4n) is 2.36. The lowest BCUT2D eigenvalue weighted by Crippen LogP contribution is -2.01. The second-order valence-corrected chi connectivity index (χ2v) is 4.71. The van der Waals surface area contributed by atoms with Crippen LogP contribution in [0.4, 0.5) is 0 Å². The Morgan fingerprint density at radius 1 is 1.04 bits per heavy atom. The molecule has 0 unspecified atom stereocenters. The first-order valence-corrected chi connectivity index (χ1v) is 6.92. The number of aromatic nitrogens is 3.